The minimum atomic E-state index is -4.08. The molecule has 3 aromatic carbocycles. The first-order chi connectivity index (χ1) is 16.4. The summed E-state index contributed by atoms with van der Waals surface area (Å²) < 4.78 is 34.4. The molecule has 1 amide bonds. The largest absolute Gasteiger partial charge is 0.497 e. The highest BCUT2D eigenvalue weighted by Gasteiger charge is 2.23. The number of nitrogens with zero attached hydrogens (tertiary/aromatic N) is 1. The lowest BCUT2D eigenvalue weighted by Gasteiger charge is -2.17. The quantitative estimate of drug-likeness (QED) is 0.388. The number of carbonyl (C=O) groups is 1. The van der Waals surface area contributed by atoms with Gasteiger partial charge in [-0.25, -0.2) is 8.42 Å². The van der Waals surface area contributed by atoms with Crippen molar-refractivity contribution in [2.24, 2.45) is 0 Å². The smallest absolute Gasteiger partial charge is 0.264 e. The molecule has 1 aromatic heterocycles. The van der Waals surface area contributed by atoms with Crippen molar-refractivity contribution in [1.82, 2.24) is 10.3 Å². The topological polar surface area (TPSA) is 97.4 Å². The van der Waals surface area contributed by atoms with Gasteiger partial charge in [-0.1, -0.05) is 54.5 Å². The van der Waals surface area contributed by atoms with Crippen LogP contribution in [0.1, 0.15) is 23.4 Å². The first-order valence-electron chi connectivity index (χ1n) is 10.3. The average Bonchev–Trinajstić information content (AvgIpc) is 2.87. The Hall–Kier alpha value is -4.35. The van der Waals surface area contributed by atoms with E-state index in [4.69, 9.17) is 11.2 Å². The Morgan fingerprint density at radius 2 is 1.82 bits per heavy atom. The number of rotatable bonds is 7. The summed E-state index contributed by atoms with van der Waals surface area (Å²) in [4.78, 5) is 17.4. The molecule has 34 heavy (non-hydrogen) atoms. The molecule has 7 nitrogen and oxygen atoms in total. The molecular formula is C26H23N3O4S. The van der Waals surface area contributed by atoms with Gasteiger partial charge in [0.1, 0.15) is 16.7 Å². The number of para-hydroxylation sites is 1. The number of hydrogen-bond acceptors (Lipinski definition) is 5. The van der Waals surface area contributed by atoms with Gasteiger partial charge in [-0.15, -0.1) is 6.42 Å². The summed E-state index contributed by atoms with van der Waals surface area (Å²) in [6.07, 6.45) is 7.17. The molecule has 1 atom stereocenters. The van der Waals surface area contributed by atoms with Gasteiger partial charge in [0.15, 0.2) is 0 Å². The lowest BCUT2D eigenvalue weighted by atomic mass is 10.1. The highest BCUT2D eigenvalue weighted by Crippen LogP contribution is 2.28. The van der Waals surface area contributed by atoms with Crippen molar-refractivity contribution >= 4 is 32.5 Å². The van der Waals surface area contributed by atoms with Gasteiger partial charge in [0, 0.05) is 13.0 Å². The average molecular weight is 474 g/mol. The van der Waals surface area contributed by atoms with Crippen LogP contribution in [0.15, 0.2) is 90.0 Å². The monoisotopic (exact) mass is 473 g/mol. The Balaban J connectivity index is 0.00000342. The Bertz CT molecular complexity index is 1500. The van der Waals surface area contributed by atoms with Crippen LogP contribution in [0.5, 0.6) is 5.75 Å². The fourth-order valence-electron chi connectivity index (χ4n) is 3.50. The Labute approximate surface area is 199 Å². The molecule has 2 N–H and O–H groups in total. The molecule has 1 heterocycles. The molecule has 0 aliphatic carbocycles. The number of fused-ring (bicyclic) bond motifs is 1. The maximum Gasteiger partial charge on any atom is 0.264 e. The highest BCUT2D eigenvalue weighted by molar-refractivity contribution is 7.93. The number of nitrogens with one attached hydrogen (secondary N) is 2. The van der Waals surface area contributed by atoms with E-state index in [1.165, 1.54) is 31.5 Å². The summed E-state index contributed by atoms with van der Waals surface area (Å²) in [6.45, 7) is 0. The van der Waals surface area contributed by atoms with Crippen LogP contribution in [0.2, 0.25) is 0 Å². The summed E-state index contributed by atoms with van der Waals surface area (Å²) in [6, 6.07) is 21.2. The van der Waals surface area contributed by atoms with E-state index in [0.29, 0.717) is 16.7 Å². The molecule has 0 saturated heterocycles. The van der Waals surface area contributed by atoms with Gasteiger partial charge in [-0.2, -0.15) is 0 Å². The van der Waals surface area contributed by atoms with E-state index in [0.717, 1.165) is 5.56 Å². The first-order valence-corrected chi connectivity index (χ1v) is 11.8. The van der Waals surface area contributed by atoms with Gasteiger partial charge in [-0.3, -0.25) is 14.5 Å². The number of anilines is 1. The molecule has 0 bridgehead atoms. The second-order valence-electron chi connectivity index (χ2n) is 7.33. The van der Waals surface area contributed by atoms with E-state index >= 15 is 0 Å². The number of pyridine rings is 1. The van der Waals surface area contributed by atoms with Crippen LogP contribution in [-0.4, -0.2) is 26.4 Å². The zero-order valence-electron chi connectivity index (χ0n) is 18.2. The van der Waals surface area contributed by atoms with Crippen LogP contribution >= 0.6 is 0 Å². The third kappa shape index (κ3) is 4.70. The van der Waals surface area contributed by atoms with Gasteiger partial charge in [0.2, 0.25) is 0 Å². The summed E-state index contributed by atoms with van der Waals surface area (Å²) >= 11 is 0. The number of methoxy groups -OCH3 is 1. The molecule has 1 unspecified atom stereocenters. The van der Waals surface area contributed by atoms with Gasteiger partial charge in [0.25, 0.3) is 15.9 Å². The lowest BCUT2D eigenvalue weighted by molar-refractivity contribution is 0.0946. The molecule has 0 fully saturated rings. The fraction of sp³-hybridized carbons (Fsp3) is 0.0769. The molecule has 0 radical (unpaired) electrons. The second-order valence-corrected chi connectivity index (χ2v) is 8.98. The summed E-state index contributed by atoms with van der Waals surface area (Å²) in [5, 5.41) is 3.45. The number of terminal acetylenes is 1. The van der Waals surface area contributed by atoms with Crippen molar-refractivity contribution in [3.05, 3.63) is 96.2 Å². The van der Waals surface area contributed by atoms with Crippen LogP contribution in [-0.2, 0) is 10.0 Å². The minimum Gasteiger partial charge on any atom is -0.497 e. The maximum atomic E-state index is 13.3. The van der Waals surface area contributed by atoms with Crippen molar-refractivity contribution in [3.8, 4) is 18.1 Å². The zero-order valence-corrected chi connectivity index (χ0v) is 19.0. The first kappa shape index (κ1) is 22.8. The van der Waals surface area contributed by atoms with E-state index in [1.54, 1.807) is 42.5 Å². The highest BCUT2D eigenvalue weighted by atomic mass is 32.2. The van der Waals surface area contributed by atoms with Crippen LogP contribution in [0.4, 0.5) is 5.69 Å². The molecule has 0 saturated carbocycles. The third-order valence-corrected chi connectivity index (χ3v) is 6.57. The summed E-state index contributed by atoms with van der Waals surface area (Å²) in [7, 11) is -2.62. The molecule has 4 aromatic rings. The van der Waals surface area contributed by atoms with Crippen molar-refractivity contribution < 1.29 is 19.4 Å². The molecule has 0 aliphatic rings. The summed E-state index contributed by atoms with van der Waals surface area (Å²) in [5.41, 5.74) is 1.20. The predicted octanol–water partition coefficient (Wildman–Crippen LogP) is 4.39. The van der Waals surface area contributed by atoms with Gasteiger partial charge in [0.05, 0.1) is 23.9 Å². The molecule has 0 aliphatic heterocycles. The number of benzene rings is 3. The van der Waals surface area contributed by atoms with Crippen LogP contribution < -0.4 is 14.8 Å². The lowest BCUT2D eigenvalue weighted by Crippen LogP contribution is -2.29. The van der Waals surface area contributed by atoms with Gasteiger partial charge < -0.3 is 10.1 Å². The number of carbonyl (C=O) groups excluding carboxylic acids is 1. The predicted molar refractivity (Wildman–Crippen MR) is 133 cm³/mol. The van der Waals surface area contributed by atoms with Crippen LogP contribution in [0.3, 0.4) is 0 Å². The Kier molecular flexibility index (Phi) is 6.48. The molecular weight excluding hydrogens is 450 g/mol. The Morgan fingerprint density at radius 1 is 1.06 bits per heavy atom. The fourth-order valence-corrected chi connectivity index (χ4v) is 4.76. The standard InChI is InChI=1S/C26H21N3O4S.H2/c1-3-22(18-9-5-4-6-10-18)28-26(30)21-17-20(33-2)14-15-23(21)29-34(31,32)24-13-7-11-19-12-8-16-27-25(19)24;/h1,4-17,22,29H,2H3,(H,28,30);1H. The van der Waals surface area contributed by atoms with Crippen molar-refractivity contribution in [2.75, 3.05) is 11.8 Å². The molecule has 8 heteroatoms. The normalized spacial score (nSPS) is 11.9. The minimum absolute atomic E-state index is 0. The van der Waals surface area contributed by atoms with Crippen LogP contribution in [0, 0.1) is 12.3 Å². The van der Waals surface area contributed by atoms with E-state index in [2.05, 4.69) is 20.9 Å². The van der Waals surface area contributed by atoms with E-state index < -0.39 is 22.0 Å². The molecule has 172 valence electrons. The van der Waals surface area contributed by atoms with Gasteiger partial charge in [-0.05, 0) is 35.9 Å². The van der Waals surface area contributed by atoms with E-state index in [9.17, 15) is 13.2 Å². The molecule has 0 spiro atoms. The zero-order chi connectivity index (χ0) is 24.1. The number of hydrogen-bond donors (Lipinski definition) is 2. The van der Waals surface area contributed by atoms with Crippen molar-refractivity contribution in [1.29, 1.82) is 0 Å². The van der Waals surface area contributed by atoms with Crippen molar-refractivity contribution in [3.63, 3.8) is 0 Å². The molecule has 4 rings (SSSR count). The number of aromatic nitrogens is 1. The third-order valence-electron chi connectivity index (χ3n) is 5.18. The van der Waals surface area contributed by atoms with Crippen molar-refractivity contribution in [2.45, 2.75) is 10.9 Å². The second kappa shape index (κ2) is 9.65. The maximum absolute atomic E-state index is 13.3. The van der Waals surface area contributed by atoms with E-state index in [-0.39, 0.29) is 17.6 Å². The van der Waals surface area contributed by atoms with Crippen LogP contribution in [0.25, 0.3) is 10.9 Å². The summed E-state index contributed by atoms with van der Waals surface area (Å²) in [5.74, 6) is 2.38. The SMILES string of the molecule is C#CC(NC(=O)c1cc(OC)ccc1NS(=O)(=O)c1cccc2cccnc12)c1ccccc1.[HH]. The Morgan fingerprint density at radius 3 is 2.56 bits per heavy atom. The van der Waals surface area contributed by atoms with E-state index in [1.807, 2.05) is 18.2 Å². The number of ether oxygens (including phenoxy) is 1. The van der Waals surface area contributed by atoms with Gasteiger partial charge >= 0.3 is 0 Å². The number of sulfonamides is 1. The number of amides is 1.